The number of methoxy groups -OCH3 is 1. The molecule has 0 aliphatic heterocycles. The lowest BCUT2D eigenvalue weighted by molar-refractivity contribution is 0.0593. The summed E-state index contributed by atoms with van der Waals surface area (Å²) in [7, 11) is 1.11. The number of carbonyl (C=O) groups excluding carboxylic acids is 1. The van der Waals surface area contributed by atoms with Gasteiger partial charge in [0.2, 0.25) is 0 Å². The Morgan fingerprint density at radius 1 is 1.38 bits per heavy atom. The second kappa shape index (κ2) is 3.99. The van der Waals surface area contributed by atoms with Crippen LogP contribution in [0.15, 0.2) is 12.1 Å². The monoisotopic (exact) mass is 298 g/mol. The quantitative estimate of drug-likeness (QED) is 0.452. The molecule has 5 heteroatoms. The molecule has 0 aliphatic rings. The van der Waals surface area contributed by atoms with Crippen LogP contribution in [0.25, 0.3) is 0 Å². The fraction of sp³-hybridized carbons (Fsp3) is 0.125. The number of carbonyl (C=O) groups is 1. The molecule has 70 valence electrons. The van der Waals surface area contributed by atoms with E-state index in [1.165, 1.54) is 0 Å². The van der Waals surface area contributed by atoms with Gasteiger partial charge in [-0.3, -0.25) is 0 Å². The van der Waals surface area contributed by atoms with Crippen molar-refractivity contribution < 1.29 is 18.3 Å². The summed E-state index contributed by atoms with van der Waals surface area (Å²) in [6, 6.07) is 1.85. The molecule has 0 fully saturated rings. The first-order valence-corrected chi connectivity index (χ1v) is 4.37. The average molecular weight is 298 g/mol. The molecule has 1 aromatic rings. The maximum atomic E-state index is 13.0. The van der Waals surface area contributed by atoms with Crippen molar-refractivity contribution in [1.29, 1.82) is 0 Å². The molecular formula is C8H5F2IO2. The van der Waals surface area contributed by atoms with Crippen molar-refractivity contribution in [3.8, 4) is 0 Å². The fourth-order valence-electron chi connectivity index (χ4n) is 0.816. The van der Waals surface area contributed by atoms with Gasteiger partial charge in [-0.05, 0) is 34.7 Å². The van der Waals surface area contributed by atoms with Crippen molar-refractivity contribution in [2.75, 3.05) is 7.11 Å². The third-order valence-electron chi connectivity index (χ3n) is 1.43. The highest BCUT2D eigenvalue weighted by molar-refractivity contribution is 14.1. The molecule has 0 spiro atoms. The van der Waals surface area contributed by atoms with Crippen molar-refractivity contribution in [2.24, 2.45) is 0 Å². The van der Waals surface area contributed by atoms with E-state index >= 15 is 0 Å². The van der Waals surface area contributed by atoms with Crippen LogP contribution in [-0.2, 0) is 4.74 Å². The topological polar surface area (TPSA) is 26.3 Å². The zero-order valence-electron chi connectivity index (χ0n) is 6.61. The number of ether oxygens (including phenoxy) is 1. The summed E-state index contributed by atoms with van der Waals surface area (Å²) >= 11 is 1.55. The minimum atomic E-state index is -0.874. The van der Waals surface area contributed by atoms with E-state index in [2.05, 4.69) is 4.74 Å². The average Bonchev–Trinajstić information content (AvgIpc) is 2.12. The van der Waals surface area contributed by atoms with E-state index in [9.17, 15) is 13.6 Å². The minimum absolute atomic E-state index is 0.0653. The lowest BCUT2D eigenvalue weighted by Crippen LogP contribution is -2.08. The predicted octanol–water partition coefficient (Wildman–Crippen LogP) is 2.36. The van der Waals surface area contributed by atoms with Gasteiger partial charge in [-0.2, -0.15) is 0 Å². The first-order valence-electron chi connectivity index (χ1n) is 3.29. The lowest BCUT2D eigenvalue weighted by Gasteiger charge is -2.03. The lowest BCUT2D eigenvalue weighted by atomic mass is 10.2. The normalized spacial score (nSPS) is 9.85. The summed E-state index contributed by atoms with van der Waals surface area (Å²) < 4.78 is 30.1. The number of hydrogen-bond acceptors (Lipinski definition) is 2. The highest BCUT2D eigenvalue weighted by atomic mass is 127. The summed E-state index contributed by atoms with van der Waals surface area (Å²) in [6.07, 6.45) is 0. The van der Waals surface area contributed by atoms with E-state index in [-0.39, 0.29) is 9.13 Å². The van der Waals surface area contributed by atoms with Gasteiger partial charge in [-0.1, -0.05) is 0 Å². The summed E-state index contributed by atoms with van der Waals surface area (Å²) in [5.41, 5.74) is -0.358. The second-order valence-electron chi connectivity index (χ2n) is 2.21. The van der Waals surface area contributed by atoms with Crippen molar-refractivity contribution >= 4 is 28.6 Å². The van der Waals surface area contributed by atoms with Gasteiger partial charge in [0.1, 0.15) is 17.2 Å². The Morgan fingerprint density at radius 2 is 1.92 bits per heavy atom. The summed E-state index contributed by atoms with van der Waals surface area (Å²) in [5, 5.41) is 0. The Labute approximate surface area is 87.0 Å². The maximum absolute atomic E-state index is 13.0. The van der Waals surface area contributed by atoms with Crippen LogP contribution < -0.4 is 0 Å². The van der Waals surface area contributed by atoms with E-state index in [1.54, 1.807) is 22.6 Å². The molecule has 0 atom stereocenters. The van der Waals surface area contributed by atoms with E-state index in [0.29, 0.717) is 0 Å². The number of benzene rings is 1. The molecule has 0 saturated carbocycles. The van der Waals surface area contributed by atoms with E-state index in [0.717, 1.165) is 19.2 Å². The Hall–Kier alpha value is -0.720. The van der Waals surface area contributed by atoms with Crippen LogP contribution in [-0.4, -0.2) is 13.1 Å². The zero-order chi connectivity index (χ0) is 10.0. The molecule has 0 heterocycles. The number of halogens is 3. The highest BCUT2D eigenvalue weighted by Crippen LogP contribution is 2.20. The Morgan fingerprint density at radius 3 is 2.46 bits per heavy atom. The zero-order valence-corrected chi connectivity index (χ0v) is 8.76. The summed E-state index contributed by atoms with van der Waals surface area (Å²) in [6.45, 7) is 0. The van der Waals surface area contributed by atoms with Gasteiger partial charge in [-0.15, -0.1) is 0 Å². The van der Waals surface area contributed by atoms with Gasteiger partial charge in [0, 0.05) is 0 Å². The molecule has 0 aliphatic carbocycles. The van der Waals surface area contributed by atoms with Crippen molar-refractivity contribution in [2.45, 2.75) is 0 Å². The minimum Gasteiger partial charge on any atom is -0.465 e. The van der Waals surface area contributed by atoms with Crippen LogP contribution >= 0.6 is 22.6 Å². The first kappa shape index (κ1) is 10.4. The second-order valence-corrected chi connectivity index (χ2v) is 3.29. The Kier molecular flexibility index (Phi) is 3.18. The number of rotatable bonds is 1. The van der Waals surface area contributed by atoms with E-state index < -0.39 is 17.6 Å². The van der Waals surface area contributed by atoms with Crippen molar-refractivity contribution in [3.63, 3.8) is 0 Å². The smallest absolute Gasteiger partial charge is 0.342 e. The molecule has 0 bridgehead atoms. The van der Waals surface area contributed by atoms with Crippen LogP contribution in [0.2, 0.25) is 0 Å². The Bertz CT molecular complexity index is 352. The molecule has 0 saturated heterocycles. The van der Waals surface area contributed by atoms with E-state index in [1.807, 2.05) is 0 Å². The van der Waals surface area contributed by atoms with Crippen LogP contribution in [0.4, 0.5) is 8.78 Å². The molecule has 2 nitrogen and oxygen atoms in total. The molecule has 0 radical (unpaired) electrons. The molecule has 0 N–H and O–H groups in total. The molecule has 0 aromatic heterocycles. The third kappa shape index (κ3) is 1.96. The van der Waals surface area contributed by atoms with Gasteiger partial charge in [0.25, 0.3) is 0 Å². The van der Waals surface area contributed by atoms with E-state index in [4.69, 9.17) is 0 Å². The highest BCUT2D eigenvalue weighted by Gasteiger charge is 2.18. The van der Waals surface area contributed by atoms with Crippen molar-refractivity contribution in [1.82, 2.24) is 0 Å². The van der Waals surface area contributed by atoms with Crippen LogP contribution in [0, 0.1) is 15.2 Å². The molecular weight excluding hydrogens is 293 g/mol. The SMILES string of the molecule is COC(=O)c1c(F)ccc(F)c1I. The van der Waals surface area contributed by atoms with Crippen LogP contribution in [0.1, 0.15) is 10.4 Å². The van der Waals surface area contributed by atoms with Gasteiger partial charge >= 0.3 is 5.97 Å². The maximum Gasteiger partial charge on any atom is 0.342 e. The van der Waals surface area contributed by atoms with Gasteiger partial charge in [-0.25, -0.2) is 13.6 Å². The fourth-order valence-corrected chi connectivity index (χ4v) is 1.47. The van der Waals surface area contributed by atoms with Crippen LogP contribution in [0.5, 0.6) is 0 Å². The molecule has 0 unspecified atom stereocenters. The van der Waals surface area contributed by atoms with Gasteiger partial charge < -0.3 is 4.74 Å². The molecule has 1 rings (SSSR count). The third-order valence-corrected chi connectivity index (χ3v) is 2.49. The van der Waals surface area contributed by atoms with Gasteiger partial charge in [0.15, 0.2) is 0 Å². The van der Waals surface area contributed by atoms with Crippen LogP contribution in [0.3, 0.4) is 0 Å². The molecule has 0 amide bonds. The standard InChI is InChI=1S/C8H5F2IO2/c1-13-8(12)6-4(9)2-3-5(10)7(6)11/h2-3H,1H3. The number of esters is 1. The van der Waals surface area contributed by atoms with Gasteiger partial charge in [0.05, 0.1) is 10.7 Å². The van der Waals surface area contributed by atoms with Crippen molar-refractivity contribution in [3.05, 3.63) is 32.9 Å². The summed E-state index contributed by atoms with van der Waals surface area (Å²) in [5.74, 6) is -2.29. The summed E-state index contributed by atoms with van der Waals surface area (Å²) in [4.78, 5) is 11.0. The molecule has 1 aromatic carbocycles. The molecule has 13 heavy (non-hydrogen) atoms. The predicted molar refractivity (Wildman–Crippen MR) is 50.4 cm³/mol. The Balaban J connectivity index is 3.33. The largest absolute Gasteiger partial charge is 0.465 e. The number of hydrogen-bond donors (Lipinski definition) is 0. The first-order chi connectivity index (χ1) is 6.07.